The van der Waals surface area contributed by atoms with Gasteiger partial charge in [-0.3, -0.25) is 9.78 Å². The summed E-state index contributed by atoms with van der Waals surface area (Å²) in [5, 5.41) is 20.4. The van der Waals surface area contributed by atoms with Crippen LogP contribution in [0, 0.1) is 0 Å². The Kier molecular flexibility index (Phi) is 6.78. The summed E-state index contributed by atoms with van der Waals surface area (Å²) in [5.74, 6) is -0.495. The minimum Gasteiger partial charge on any atom is -0.387 e. The number of pyridine rings is 1. The van der Waals surface area contributed by atoms with Crippen LogP contribution in [-0.2, 0) is 4.74 Å². The van der Waals surface area contributed by atoms with Crippen LogP contribution in [0.25, 0.3) is 16.9 Å². The first-order valence-corrected chi connectivity index (χ1v) is 11.1. The number of hydrogen-bond acceptors (Lipinski definition) is 7. The number of carbonyl (C=O) groups excluding carboxylic acids is 1. The van der Waals surface area contributed by atoms with E-state index in [1.165, 1.54) is 26.2 Å². The predicted octanol–water partition coefficient (Wildman–Crippen LogP) is 2.87. The van der Waals surface area contributed by atoms with Crippen LogP contribution in [0.4, 0.5) is 10.1 Å². The Morgan fingerprint density at radius 1 is 1.39 bits per heavy atom. The molecule has 3 N–H and O–H groups in total. The molecule has 2 atom stereocenters. The highest BCUT2D eigenvalue weighted by atomic mass is 35.5. The first-order chi connectivity index (χ1) is 15.7. The fourth-order valence-electron chi connectivity index (χ4n) is 3.54. The van der Waals surface area contributed by atoms with E-state index in [4.69, 9.17) is 16.3 Å². The summed E-state index contributed by atoms with van der Waals surface area (Å²) >= 11 is 6.00. The number of ether oxygens (including phenoxy) is 1. The van der Waals surface area contributed by atoms with E-state index in [0.717, 1.165) is 12.8 Å². The normalized spacial score (nSPS) is 17.7. The van der Waals surface area contributed by atoms with Gasteiger partial charge in [-0.1, -0.05) is 11.6 Å². The molecule has 3 aromatic rings. The molecular formula is C22H26ClFN6O3. The molecule has 0 aliphatic carbocycles. The number of anilines is 1. The van der Waals surface area contributed by atoms with Crippen molar-refractivity contribution < 1.29 is 19.0 Å². The highest BCUT2D eigenvalue weighted by molar-refractivity contribution is 6.30. The largest absolute Gasteiger partial charge is 0.387 e. The maximum atomic E-state index is 14.1. The van der Waals surface area contributed by atoms with Crippen molar-refractivity contribution in [1.29, 1.82) is 0 Å². The Morgan fingerprint density at radius 2 is 2.21 bits per heavy atom. The van der Waals surface area contributed by atoms with E-state index in [0.29, 0.717) is 40.8 Å². The lowest BCUT2D eigenvalue weighted by molar-refractivity contribution is -0.00177. The number of nitrogens with zero attached hydrogens (tertiary/aromatic N) is 4. The van der Waals surface area contributed by atoms with Crippen LogP contribution in [0.5, 0.6) is 0 Å². The molecule has 0 saturated carbocycles. The molecule has 0 bridgehead atoms. The Labute approximate surface area is 195 Å². The molecule has 0 radical (unpaired) electrons. The van der Waals surface area contributed by atoms with E-state index in [-0.39, 0.29) is 18.2 Å². The van der Waals surface area contributed by atoms with E-state index in [1.807, 2.05) is 0 Å². The highest BCUT2D eigenvalue weighted by Crippen LogP contribution is 2.28. The summed E-state index contributed by atoms with van der Waals surface area (Å²) in [6.45, 7) is 3.61. The second kappa shape index (κ2) is 9.58. The van der Waals surface area contributed by atoms with Crippen molar-refractivity contribution >= 4 is 28.8 Å². The van der Waals surface area contributed by atoms with E-state index >= 15 is 0 Å². The third kappa shape index (κ3) is 5.40. The van der Waals surface area contributed by atoms with Crippen LogP contribution in [-0.4, -0.2) is 68.2 Å². The maximum absolute atomic E-state index is 14.1. The van der Waals surface area contributed by atoms with Crippen molar-refractivity contribution in [3.8, 4) is 11.3 Å². The molecule has 0 aromatic carbocycles. The van der Waals surface area contributed by atoms with Gasteiger partial charge in [-0.2, -0.15) is 5.10 Å². The number of hydrogen-bond donors (Lipinski definition) is 3. The smallest absolute Gasteiger partial charge is 0.255 e. The highest BCUT2D eigenvalue weighted by Gasteiger charge is 2.27. The average Bonchev–Trinajstić information content (AvgIpc) is 3.20. The number of aromatic nitrogens is 4. The van der Waals surface area contributed by atoms with Crippen molar-refractivity contribution in [2.75, 3.05) is 25.1 Å². The number of nitrogens with one attached hydrogen (secondary N) is 2. The first-order valence-electron chi connectivity index (χ1n) is 10.7. The van der Waals surface area contributed by atoms with Gasteiger partial charge in [0, 0.05) is 25.0 Å². The fourth-order valence-corrected chi connectivity index (χ4v) is 3.68. The third-order valence-electron chi connectivity index (χ3n) is 5.48. The predicted molar refractivity (Wildman–Crippen MR) is 122 cm³/mol. The minimum absolute atomic E-state index is 0.0201. The molecule has 3 aromatic heterocycles. The summed E-state index contributed by atoms with van der Waals surface area (Å²) < 4.78 is 21.3. The van der Waals surface area contributed by atoms with E-state index in [1.54, 1.807) is 23.0 Å². The van der Waals surface area contributed by atoms with Crippen LogP contribution in [0.1, 0.15) is 37.0 Å². The topological polar surface area (TPSA) is 114 Å². The molecule has 33 heavy (non-hydrogen) atoms. The molecule has 1 amide bonds. The van der Waals surface area contributed by atoms with Crippen molar-refractivity contribution in [2.45, 2.75) is 44.5 Å². The van der Waals surface area contributed by atoms with Crippen molar-refractivity contribution in [2.24, 2.45) is 0 Å². The number of aliphatic hydroxyl groups is 1. The summed E-state index contributed by atoms with van der Waals surface area (Å²) in [6, 6.07) is 1.77. The van der Waals surface area contributed by atoms with Crippen molar-refractivity contribution in [1.82, 2.24) is 24.9 Å². The molecule has 1 aliphatic heterocycles. The quantitative estimate of drug-likeness (QED) is 0.480. The maximum Gasteiger partial charge on any atom is 0.255 e. The molecule has 9 nitrogen and oxygen atoms in total. The fraction of sp³-hybridized carbons (Fsp3) is 0.455. The standard InChI is InChI=1S/C22H26ClFN6O3/c1-22(2,32)19(24)10-27-21(31)16-8-25-17(6-18(16)29-14-4-3-5-33-12-14)15-9-28-30-11-13(23)7-26-20(15)30/h6-9,11,14,19,32H,3-5,10,12H2,1-2H3,(H,25,29)(H,27,31)/t14-,19-/m1/s1. The van der Waals surface area contributed by atoms with Gasteiger partial charge in [0.25, 0.3) is 5.91 Å². The Bertz CT molecular complexity index is 1140. The second-order valence-electron chi connectivity index (χ2n) is 8.60. The molecule has 0 unspecified atom stereocenters. The monoisotopic (exact) mass is 476 g/mol. The Hall–Kier alpha value is -2.82. The van der Waals surface area contributed by atoms with Crippen LogP contribution in [0.15, 0.2) is 30.9 Å². The third-order valence-corrected chi connectivity index (χ3v) is 5.67. The zero-order valence-corrected chi connectivity index (χ0v) is 19.1. The number of rotatable bonds is 7. The lowest BCUT2D eigenvalue weighted by Crippen LogP contribution is -2.42. The lowest BCUT2D eigenvalue weighted by Gasteiger charge is -2.26. The molecule has 11 heteroatoms. The van der Waals surface area contributed by atoms with Gasteiger partial charge in [-0.15, -0.1) is 0 Å². The molecule has 4 heterocycles. The van der Waals surface area contributed by atoms with Crippen LogP contribution >= 0.6 is 11.6 Å². The first kappa shape index (κ1) is 23.3. The molecule has 176 valence electrons. The molecule has 0 spiro atoms. The van der Waals surface area contributed by atoms with Crippen molar-refractivity contribution in [3.63, 3.8) is 0 Å². The number of fused-ring (bicyclic) bond motifs is 1. The lowest BCUT2D eigenvalue weighted by atomic mass is 10.0. The van der Waals surface area contributed by atoms with Crippen molar-refractivity contribution in [3.05, 3.63) is 41.4 Å². The summed E-state index contributed by atoms with van der Waals surface area (Å²) in [7, 11) is 0. The number of alkyl halides is 1. The number of carbonyl (C=O) groups is 1. The zero-order valence-electron chi connectivity index (χ0n) is 18.4. The van der Waals surface area contributed by atoms with Gasteiger partial charge in [0.15, 0.2) is 5.65 Å². The molecule has 1 aliphatic rings. The Balaban J connectivity index is 1.64. The van der Waals surface area contributed by atoms with Gasteiger partial charge in [-0.25, -0.2) is 13.9 Å². The SMILES string of the molecule is CC(C)(O)[C@H](F)CNC(=O)c1cnc(-c2cnn3cc(Cl)cnc23)cc1N[C@@H]1CCCOC1. The Morgan fingerprint density at radius 3 is 2.94 bits per heavy atom. The second-order valence-corrected chi connectivity index (χ2v) is 9.04. The number of amides is 1. The average molecular weight is 477 g/mol. The van der Waals surface area contributed by atoms with Gasteiger partial charge in [0.1, 0.15) is 6.17 Å². The van der Waals surface area contributed by atoms with Crippen LogP contribution < -0.4 is 10.6 Å². The molecular weight excluding hydrogens is 451 g/mol. The zero-order chi connectivity index (χ0) is 23.6. The van der Waals surface area contributed by atoms with Gasteiger partial charge in [-0.05, 0) is 32.8 Å². The number of halogens is 2. The summed E-state index contributed by atoms with van der Waals surface area (Å²) in [4.78, 5) is 21.7. The summed E-state index contributed by atoms with van der Waals surface area (Å²) in [6.07, 6.45) is 6.42. The van der Waals surface area contributed by atoms with Crippen LogP contribution in [0.2, 0.25) is 5.02 Å². The van der Waals surface area contributed by atoms with Gasteiger partial charge in [0.05, 0.1) is 58.7 Å². The van der Waals surface area contributed by atoms with Gasteiger partial charge >= 0.3 is 0 Å². The molecule has 1 fully saturated rings. The summed E-state index contributed by atoms with van der Waals surface area (Å²) in [5.41, 5.74) is 1.05. The van der Waals surface area contributed by atoms with Gasteiger partial charge in [0.2, 0.25) is 0 Å². The van der Waals surface area contributed by atoms with E-state index < -0.39 is 17.7 Å². The molecule has 4 rings (SSSR count). The van der Waals surface area contributed by atoms with E-state index in [9.17, 15) is 14.3 Å². The van der Waals surface area contributed by atoms with Crippen LogP contribution in [0.3, 0.4) is 0 Å². The van der Waals surface area contributed by atoms with E-state index in [2.05, 4.69) is 25.7 Å². The minimum atomic E-state index is -1.62. The van der Waals surface area contributed by atoms with Gasteiger partial charge < -0.3 is 20.5 Å². The molecule has 1 saturated heterocycles.